The van der Waals surface area contributed by atoms with E-state index in [0.29, 0.717) is 29.2 Å². The lowest BCUT2D eigenvalue weighted by atomic mass is 9.97. The van der Waals surface area contributed by atoms with E-state index in [0.717, 1.165) is 32.1 Å². The molecule has 0 aromatic heterocycles. The lowest BCUT2D eigenvalue weighted by molar-refractivity contribution is -0.147. The summed E-state index contributed by atoms with van der Waals surface area (Å²) in [4.78, 5) is 12.3. The Hall–Kier alpha value is -1.33. The average molecular weight is 385 g/mol. The van der Waals surface area contributed by atoms with Crippen LogP contribution in [0.15, 0.2) is 46.9 Å². The Balaban J connectivity index is 1.96. The standard InChI is InChI=1S/C19H25ClO4S/c20-14-8-2-5-13-19(21)24-18-12-7-6-9-16(18)15-25(22,23)17-10-3-1-4-11-17/h1,3-4,9-11,18H,2,5-8,12-15H2. The molecule has 1 aromatic carbocycles. The quantitative estimate of drug-likeness (QED) is 0.276. The predicted octanol–water partition coefficient (Wildman–Crippen LogP) is 4.28. The monoisotopic (exact) mass is 384 g/mol. The molecule has 6 heteroatoms. The van der Waals surface area contributed by atoms with Crippen LogP contribution >= 0.6 is 11.6 Å². The maximum atomic E-state index is 12.6. The van der Waals surface area contributed by atoms with E-state index in [4.69, 9.17) is 16.3 Å². The first-order valence-electron chi connectivity index (χ1n) is 8.75. The Morgan fingerprint density at radius 3 is 2.64 bits per heavy atom. The van der Waals surface area contributed by atoms with E-state index in [1.165, 1.54) is 0 Å². The van der Waals surface area contributed by atoms with Gasteiger partial charge in [-0.25, -0.2) is 8.42 Å². The maximum absolute atomic E-state index is 12.6. The Kier molecular flexibility index (Phi) is 7.97. The molecule has 1 aliphatic rings. The van der Waals surface area contributed by atoms with Gasteiger partial charge in [0, 0.05) is 12.3 Å². The number of unbranched alkanes of at least 4 members (excludes halogenated alkanes) is 2. The fourth-order valence-corrected chi connectivity index (χ4v) is 4.55. The van der Waals surface area contributed by atoms with Gasteiger partial charge in [0.15, 0.2) is 9.84 Å². The van der Waals surface area contributed by atoms with Crippen molar-refractivity contribution in [2.45, 2.75) is 55.9 Å². The molecule has 0 saturated heterocycles. The van der Waals surface area contributed by atoms with E-state index >= 15 is 0 Å². The number of esters is 1. The highest BCUT2D eigenvalue weighted by molar-refractivity contribution is 7.91. The van der Waals surface area contributed by atoms with Crippen molar-refractivity contribution in [3.8, 4) is 0 Å². The predicted molar refractivity (Wildman–Crippen MR) is 99.5 cm³/mol. The second-order valence-corrected chi connectivity index (χ2v) is 8.63. The van der Waals surface area contributed by atoms with Crippen molar-refractivity contribution in [1.82, 2.24) is 0 Å². The summed E-state index contributed by atoms with van der Waals surface area (Å²) in [5.74, 6) is 0.243. The summed E-state index contributed by atoms with van der Waals surface area (Å²) in [7, 11) is -3.43. The number of carbonyl (C=O) groups excluding carboxylic acids is 1. The van der Waals surface area contributed by atoms with Crippen molar-refractivity contribution in [3.63, 3.8) is 0 Å². The first kappa shape index (κ1) is 20.0. The Bertz CT molecular complexity index is 683. The summed E-state index contributed by atoms with van der Waals surface area (Å²) in [5.41, 5.74) is 0.698. The molecule has 0 heterocycles. The van der Waals surface area contributed by atoms with Crippen molar-refractivity contribution in [2.24, 2.45) is 0 Å². The summed E-state index contributed by atoms with van der Waals surface area (Å²) in [6.45, 7) is 0. The van der Waals surface area contributed by atoms with Crippen LogP contribution in [0.1, 0.15) is 44.9 Å². The lowest BCUT2D eigenvalue weighted by Gasteiger charge is -2.24. The molecule has 1 aliphatic carbocycles. The topological polar surface area (TPSA) is 60.4 Å². The molecule has 0 bridgehead atoms. The summed E-state index contributed by atoms with van der Waals surface area (Å²) in [6.07, 6.45) is 6.79. The number of sulfone groups is 1. The molecule has 0 spiro atoms. The number of ether oxygens (including phenoxy) is 1. The third-order valence-corrected chi connectivity index (χ3v) is 6.21. The van der Waals surface area contributed by atoms with E-state index in [1.54, 1.807) is 30.3 Å². The van der Waals surface area contributed by atoms with Crippen molar-refractivity contribution in [3.05, 3.63) is 42.0 Å². The van der Waals surface area contributed by atoms with Crippen LogP contribution < -0.4 is 0 Å². The van der Waals surface area contributed by atoms with Crippen molar-refractivity contribution >= 4 is 27.4 Å². The van der Waals surface area contributed by atoms with Gasteiger partial charge in [-0.15, -0.1) is 11.6 Å². The molecule has 1 unspecified atom stereocenters. The molecule has 1 atom stereocenters. The van der Waals surface area contributed by atoms with Crippen LogP contribution in [0.3, 0.4) is 0 Å². The number of hydrogen-bond acceptors (Lipinski definition) is 4. The van der Waals surface area contributed by atoms with E-state index in [-0.39, 0.29) is 11.7 Å². The molecule has 0 amide bonds. The zero-order chi connectivity index (χ0) is 18.1. The average Bonchev–Trinajstić information content (AvgIpc) is 2.61. The number of carbonyl (C=O) groups is 1. The molecule has 138 valence electrons. The molecule has 0 saturated carbocycles. The van der Waals surface area contributed by atoms with Crippen LogP contribution in [0, 0.1) is 0 Å². The normalized spacial score (nSPS) is 17.8. The highest BCUT2D eigenvalue weighted by atomic mass is 35.5. The zero-order valence-electron chi connectivity index (χ0n) is 14.3. The molecule has 2 rings (SSSR count). The molecular weight excluding hydrogens is 360 g/mol. The van der Waals surface area contributed by atoms with Gasteiger partial charge < -0.3 is 4.74 Å². The minimum atomic E-state index is -3.43. The van der Waals surface area contributed by atoms with Crippen LogP contribution in [0.5, 0.6) is 0 Å². The van der Waals surface area contributed by atoms with Crippen LogP contribution in [-0.4, -0.2) is 32.1 Å². The van der Waals surface area contributed by atoms with Crippen LogP contribution in [0.4, 0.5) is 0 Å². The zero-order valence-corrected chi connectivity index (χ0v) is 15.9. The molecule has 0 N–H and O–H groups in total. The van der Waals surface area contributed by atoms with Gasteiger partial charge in [-0.05, 0) is 49.8 Å². The fourth-order valence-electron chi connectivity index (χ4n) is 2.88. The molecule has 25 heavy (non-hydrogen) atoms. The van der Waals surface area contributed by atoms with Crippen LogP contribution in [0.2, 0.25) is 0 Å². The number of alkyl halides is 1. The molecule has 1 aromatic rings. The van der Waals surface area contributed by atoms with Crippen LogP contribution in [-0.2, 0) is 19.4 Å². The van der Waals surface area contributed by atoms with E-state index < -0.39 is 15.9 Å². The second kappa shape index (κ2) is 9.97. The van der Waals surface area contributed by atoms with Gasteiger partial charge in [0.2, 0.25) is 0 Å². The van der Waals surface area contributed by atoms with Gasteiger partial charge in [-0.1, -0.05) is 30.7 Å². The number of benzene rings is 1. The maximum Gasteiger partial charge on any atom is 0.306 e. The SMILES string of the molecule is O=C(CCCCCCl)OC1CCCC=C1CS(=O)(=O)c1ccccc1. The van der Waals surface area contributed by atoms with Gasteiger partial charge in [-0.3, -0.25) is 4.79 Å². The first-order valence-corrected chi connectivity index (χ1v) is 10.9. The minimum absolute atomic E-state index is 0.0960. The largest absolute Gasteiger partial charge is 0.458 e. The van der Waals surface area contributed by atoms with Gasteiger partial charge in [-0.2, -0.15) is 0 Å². The van der Waals surface area contributed by atoms with E-state index in [1.807, 2.05) is 6.08 Å². The van der Waals surface area contributed by atoms with Gasteiger partial charge in [0.05, 0.1) is 10.6 Å². The third-order valence-electron chi connectivity index (χ3n) is 4.24. The first-order chi connectivity index (χ1) is 12.0. The fraction of sp³-hybridized carbons (Fsp3) is 0.526. The van der Waals surface area contributed by atoms with Crippen LogP contribution in [0.25, 0.3) is 0 Å². The lowest BCUT2D eigenvalue weighted by Crippen LogP contribution is -2.27. The summed E-state index contributed by atoms with van der Waals surface area (Å²) < 4.78 is 30.7. The van der Waals surface area contributed by atoms with Gasteiger partial charge >= 0.3 is 5.97 Å². The Labute approximate surface area is 155 Å². The summed E-state index contributed by atoms with van der Waals surface area (Å²) in [6, 6.07) is 8.39. The number of halogens is 1. The highest BCUT2D eigenvalue weighted by Gasteiger charge is 2.26. The number of allylic oxidation sites excluding steroid dienone is 1. The summed E-state index contributed by atoms with van der Waals surface area (Å²) >= 11 is 5.62. The number of hydrogen-bond donors (Lipinski definition) is 0. The minimum Gasteiger partial charge on any atom is -0.458 e. The Morgan fingerprint density at radius 1 is 1.16 bits per heavy atom. The molecule has 0 aliphatic heterocycles. The molecule has 0 fully saturated rings. The molecular formula is C19H25ClO4S. The third kappa shape index (κ3) is 6.48. The summed E-state index contributed by atoms with van der Waals surface area (Å²) in [5, 5.41) is 0. The van der Waals surface area contributed by atoms with E-state index in [2.05, 4.69) is 0 Å². The number of rotatable bonds is 9. The second-order valence-electron chi connectivity index (χ2n) is 6.26. The van der Waals surface area contributed by atoms with Crippen molar-refractivity contribution in [1.29, 1.82) is 0 Å². The van der Waals surface area contributed by atoms with Crippen molar-refractivity contribution in [2.75, 3.05) is 11.6 Å². The van der Waals surface area contributed by atoms with Crippen molar-refractivity contribution < 1.29 is 17.9 Å². The Morgan fingerprint density at radius 2 is 1.92 bits per heavy atom. The smallest absolute Gasteiger partial charge is 0.306 e. The van der Waals surface area contributed by atoms with E-state index in [9.17, 15) is 13.2 Å². The molecule has 0 radical (unpaired) electrons. The van der Waals surface area contributed by atoms with Gasteiger partial charge in [0.25, 0.3) is 0 Å². The van der Waals surface area contributed by atoms with Gasteiger partial charge in [0.1, 0.15) is 6.10 Å². The highest BCUT2D eigenvalue weighted by Crippen LogP contribution is 2.25. The molecule has 4 nitrogen and oxygen atoms in total.